The van der Waals surface area contributed by atoms with Crippen LogP contribution in [0.25, 0.3) is 0 Å². The van der Waals surface area contributed by atoms with Gasteiger partial charge in [-0.15, -0.1) is 0 Å². The van der Waals surface area contributed by atoms with Crippen molar-refractivity contribution >= 4 is 0 Å². The number of rotatable bonds is 8. The van der Waals surface area contributed by atoms with Crippen LogP contribution in [0.4, 0.5) is 0 Å². The Morgan fingerprint density at radius 3 is 2.33 bits per heavy atom. The molecule has 118 valence electrons. The highest BCUT2D eigenvalue weighted by atomic mass is 15.2. The van der Waals surface area contributed by atoms with E-state index < -0.39 is 0 Å². The molecule has 2 heteroatoms. The van der Waals surface area contributed by atoms with Gasteiger partial charge in [-0.25, -0.2) is 0 Å². The summed E-state index contributed by atoms with van der Waals surface area (Å²) >= 11 is 0. The van der Waals surface area contributed by atoms with E-state index in [0.717, 1.165) is 13.1 Å². The molecule has 0 spiro atoms. The number of nitrogens with one attached hydrogen (secondary N) is 1. The number of benzene rings is 1. The Hall–Kier alpha value is -0.860. The molecule has 1 unspecified atom stereocenters. The van der Waals surface area contributed by atoms with Crippen LogP contribution < -0.4 is 5.32 Å². The molecule has 0 bridgehead atoms. The highest BCUT2D eigenvalue weighted by Crippen LogP contribution is 2.13. The number of hydrogen-bond acceptors (Lipinski definition) is 2. The Balaban J connectivity index is 1.75. The first-order valence-electron chi connectivity index (χ1n) is 8.82. The van der Waals surface area contributed by atoms with Crippen molar-refractivity contribution in [2.45, 2.75) is 58.4 Å². The number of piperazine rings is 1. The first-order valence-corrected chi connectivity index (χ1v) is 8.82. The van der Waals surface area contributed by atoms with Crippen LogP contribution >= 0.6 is 0 Å². The molecule has 0 aromatic heterocycles. The quantitative estimate of drug-likeness (QED) is 0.735. The van der Waals surface area contributed by atoms with Gasteiger partial charge in [0.25, 0.3) is 0 Å². The molecule has 1 aliphatic rings. The third-order valence-corrected chi connectivity index (χ3v) is 4.65. The zero-order valence-corrected chi connectivity index (χ0v) is 13.9. The van der Waals surface area contributed by atoms with Crippen molar-refractivity contribution in [2.75, 3.05) is 26.2 Å². The van der Waals surface area contributed by atoms with E-state index in [4.69, 9.17) is 0 Å². The summed E-state index contributed by atoms with van der Waals surface area (Å²) in [5, 5.41) is 3.43. The molecule has 1 aromatic rings. The Labute approximate surface area is 130 Å². The zero-order valence-electron chi connectivity index (χ0n) is 13.9. The van der Waals surface area contributed by atoms with Crippen LogP contribution in [0, 0.1) is 0 Å². The molecule has 2 rings (SSSR count). The highest BCUT2D eigenvalue weighted by Gasteiger charge is 2.16. The summed E-state index contributed by atoms with van der Waals surface area (Å²) in [6.45, 7) is 9.30. The maximum Gasteiger partial charge on any atom is 0.0110 e. The molecule has 1 saturated heterocycles. The Bertz CT molecular complexity index is 379. The van der Waals surface area contributed by atoms with Crippen molar-refractivity contribution in [2.24, 2.45) is 0 Å². The van der Waals surface area contributed by atoms with Crippen LogP contribution in [-0.4, -0.2) is 37.1 Å². The van der Waals surface area contributed by atoms with Crippen LogP contribution in [0.3, 0.4) is 0 Å². The van der Waals surface area contributed by atoms with Crippen LogP contribution in [0.1, 0.15) is 50.7 Å². The average Bonchev–Trinajstić information content (AvgIpc) is 2.54. The van der Waals surface area contributed by atoms with Gasteiger partial charge in [-0.3, -0.25) is 4.90 Å². The van der Waals surface area contributed by atoms with E-state index in [-0.39, 0.29) is 0 Å². The lowest BCUT2D eigenvalue weighted by atomic mass is 10.0. The van der Waals surface area contributed by atoms with E-state index in [1.54, 1.807) is 0 Å². The number of nitrogens with zero attached hydrogens (tertiary/aromatic N) is 1. The normalized spacial score (nSPS) is 17.8. The minimum atomic E-state index is 0.655. The van der Waals surface area contributed by atoms with Crippen LogP contribution in [-0.2, 0) is 12.8 Å². The summed E-state index contributed by atoms with van der Waals surface area (Å²) < 4.78 is 0. The van der Waals surface area contributed by atoms with Gasteiger partial charge < -0.3 is 5.32 Å². The van der Waals surface area contributed by atoms with E-state index in [2.05, 4.69) is 48.3 Å². The van der Waals surface area contributed by atoms with Crippen LogP contribution in [0.15, 0.2) is 24.3 Å². The molecule has 21 heavy (non-hydrogen) atoms. The summed E-state index contributed by atoms with van der Waals surface area (Å²) in [4.78, 5) is 2.61. The number of unbranched alkanes of at least 4 members (excludes halogenated alkanes) is 3. The van der Waals surface area contributed by atoms with Gasteiger partial charge in [0, 0.05) is 32.2 Å². The summed E-state index contributed by atoms with van der Waals surface area (Å²) in [6, 6.07) is 10.0. The van der Waals surface area contributed by atoms with Gasteiger partial charge in [-0.2, -0.15) is 0 Å². The van der Waals surface area contributed by atoms with Gasteiger partial charge >= 0.3 is 0 Å². The van der Waals surface area contributed by atoms with Crippen LogP contribution in [0.5, 0.6) is 0 Å². The SMILES string of the molecule is CCCCCCc1ccc(CC(C)N2CCNCC2)cc1. The molecule has 1 heterocycles. The second-order valence-corrected chi connectivity index (χ2v) is 6.47. The Morgan fingerprint density at radius 1 is 1.00 bits per heavy atom. The molecule has 0 radical (unpaired) electrons. The predicted octanol–water partition coefficient (Wildman–Crippen LogP) is 3.65. The van der Waals surface area contributed by atoms with Gasteiger partial charge in [-0.05, 0) is 37.3 Å². The van der Waals surface area contributed by atoms with Gasteiger partial charge in [0.15, 0.2) is 0 Å². The number of aryl methyl sites for hydroxylation is 1. The fraction of sp³-hybridized carbons (Fsp3) is 0.684. The number of hydrogen-bond donors (Lipinski definition) is 1. The molecule has 1 aromatic carbocycles. The molecule has 2 nitrogen and oxygen atoms in total. The Kier molecular flexibility index (Phi) is 7.25. The summed E-state index contributed by atoms with van der Waals surface area (Å²) in [5.74, 6) is 0. The molecular formula is C19H32N2. The minimum Gasteiger partial charge on any atom is -0.314 e. The fourth-order valence-electron chi connectivity index (χ4n) is 3.19. The molecule has 1 N–H and O–H groups in total. The third kappa shape index (κ3) is 5.80. The molecule has 0 saturated carbocycles. The summed E-state index contributed by atoms with van der Waals surface area (Å²) in [6.07, 6.45) is 7.83. The summed E-state index contributed by atoms with van der Waals surface area (Å²) in [5.41, 5.74) is 2.99. The third-order valence-electron chi connectivity index (χ3n) is 4.65. The van der Waals surface area contributed by atoms with Gasteiger partial charge in [0.2, 0.25) is 0 Å². The summed E-state index contributed by atoms with van der Waals surface area (Å²) in [7, 11) is 0. The van der Waals surface area contributed by atoms with Gasteiger partial charge in [-0.1, -0.05) is 50.5 Å². The van der Waals surface area contributed by atoms with E-state index in [0.29, 0.717) is 6.04 Å². The van der Waals surface area contributed by atoms with E-state index in [1.165, 1.54) is 62.7 Å². The van der Waals surface area contributed by atoms with E-state index >= 15 is 0 Å². The second-order valence-electron chi connectivity index (χ2n) is 6.47. The van der Waals surface area contributed by atoms with Gasteiger partial charge in [0.1, 0.15) is 0 Å². The largest absolute Gasteiger partial charge is 0.314 e. The van der Waals surface area contributed by atoms with Crippen molar-refractivity contribution in [3.05, 3.63) is 35.4 Å². The lowest BCUT2D eigenvalue weighted by molar-refractivity contribution is 0.183. The van der Waals surface area contributed by atoms with Crippen LogP contribution in [0.2, 0.25) is 0 Å². The molecule has 0 aliphatic carbocycles. The Morgan fingerprint density at radius 2 is 1.67 bits per heavy atom. The predicted molar refractivity (Wildman–Crippen MR) is 91.9 cm³/mol. The highest BCUT2D eigenvalue weighted by molar-refractivity contribution is 5.23. The fourth-order valence-corrected chi connectivity index (χ4v) is 3.19. The molecular weight excluding hydrogens is 256 g/mol. The molecule has 1 fully saturated rings. The minimum absolute atomic E-state index is 0.655. The molecule has 1 atom stereocenters. The monoisotopic (exact) mass is 288 g/mol. The van der Waals surface area contributed by atoms with E-state index in [1.807, 2.05) is 0 Å². The smallest absolute Gasteiger partial charge is 0.0110 e. The van der Waals surface area contributed by atoms with Crippen molar-refractivity contribution in [3.63, 3.8) is 0 Å². The lowest BCUT2D eigenvalue weighted by Crippen LogP contribution is -2.48. The van der Waals surface area contributed by atoms with Crippen molar-refractivity contribution in [1.29, 1.82) is 0 Å². The zero-order chi connectivity index (χ0) is 14.9. The van der Waals surface area contributed by atoms with Gasteiger partial charge in [0.05, 0.1) is 0 Å². The molecule has 0 amide bonds. The first-order chi connectivity index (χ1) is 10.3. The van der Waals surface area contributed by atoms with Crippen molar-refractivity contribution in [1.82, 2.24) is 10.2 Å². The van der Waals surface area contributed by atoms with E-state index in [9.17, 15) is 0 Å². The van der Waals surface area contributed by atoms with Crippen molar-refractivity contribution in [3.8, 4) is 0 Å². The second kappa shape index (κ2) is 9.22. The standard InChI is InChI=1S/C19H32N2/c1-3-4-5-6-7-18-8-10-19(11-9-18)16-17(2)21-14-12-20-13-15-21/h8-11,17,20H,3-7,12-16H2,1-2H3. The maximum absolute atomic E-state index is 3.43. The lowest BCUT2D eigenvalue weighted by Gasteiger charge is -2.32. The first kappa shape index (κ1) is 16.5. The maximum atomic E-state index is 3.43. The molecule has 1 aliphatic heterocycles. The topological polar surface area (TPSA) is 15.3 Å². The van der Waals surface area contributed by atoms with Crippen molar-refractivity contribution < 1.29 is 0 Å². The average molecular weight is 288 g/mol.